The summed E-state index contributed by atoms with van der Waals surface area (Å²) in [4.78, 5) is 10.6. The van der Waals surface area contributed by atoms with Crippen molar-refractivity contribution in [2.45, 2.75) is 26.0 Å². The van der Waals surface area contributed by atoms with E-state index in [1.54, 1.807) is 24.3 Å². The Hall–Kier alpha value is -1.39. The third kappa shape index (κ3) is 4.00. The van der Waals surface area contributed by atoms with E-state index in [-0.39, 0.29) is 11.7 Å². The molecule has 1 rings (SSSR count). The topological polar surface area (TPSA) is 69.6 Å². The summed E-state index contributed by atoms with van der Waals surface area (Å²) in [6.45, 7) is 3.11. The summed E-state index contributed by atoms with van der Waals surface area (Å²) in [6.07, 6.45) is 0.406. The Morgan fingerprint density at radius 2 is 2.00 bits per heavy atom. The van der Waals surface area contributed by atoms with Gasteiger partial charge in [-0.3, -0.25) is 0 Å². The molecule has 0 amide bonds. The largest absolute Gasteiger partial charge is 0.478 e. The van der Waals surface area contributed by atoms with Crippen molar-refractivity contribution in [1.82, 2.24) is 5.32 Å². The molecule has 1 unspecified atom stereocenters. The van der Waals surface area contributed by atoms with Gasteiger partial charge in [-0.1, -0.05) is 19.1 Å². The predicted octanol–water partition coefficient (Wildman–Crippen LogP) is 1.25. The molecule has 0 aliphatic heterocycles. The highest BCUT2D eigenvalue weighted by molar-refractivity contribution is 5.87. The molecule has 0 heterocycles. The Morgan fingerprint density at radius 1 is 1.38 bits per heavy atom. The molecule has 4 nitrogen and oxygen atoms in total. The van der Waals surface area contributed by atoms with Crippen LogP contribution in [0.15, 0.2) is 24.3 Å². The first kappa shape index (κ1) is 12.7. The second-order valence-electron chi connectivity index (χ2n) is 3.70. The van der Waals surface area contributed by atoms with E-state index in [0.29, 0.717) is 13.1 Å². The fourth-order valence-electron chi connectivity index (χ4n) is 1.29. The molecule has 0 aliphatic carbocycles. The molecule has 0 bridgehead atoms. The normalized spacial score (nSPS) is 12.4. The summed E-state index contributed by atoms with van der Waals surface area (Å²) in [7, 11) is 0. The van der Waals surface area contributed by atoms with Gasteiger partial charge in [0, 0.05) is 13.1 Å². The van der Waals surface area contributed by atoms with Crippen molar-refractivity contribution in [3.8, 4) is 0 Å². The molecule has 16 heavy (non-hydrogen) atoms. The molecule has 88 valence electrons. The number of carbonyl (C=O) groups is 1. The maximum Gasteiger partial charge on any atom is 0.335 e. The Morgan fingerprint density at radius 3 is 2.50 bits per heavy atom. The van der Waals surface area contributed by atoms with Crippen molar-refractivity contribution in [1.29, 1.82) is 0 Å². The molecule has 0 aromatic heterocycles. The highest BCUT2D eigenvalue weighted by Crippen LogP contribution is 2.04. The van der Waals surface area contributed by atoms with E-state index < -0.39 is 5.97 Å². The number of carboxylic acid groups (broad SMARTS) is 1. The van der Waals surface area contributed by atoms with Gasteiger partial charge < -0.3 is 15.5 Å². The average molecular weight is 223 g/mol. The van der Waals surface area contributed by atoms with Crippen molar-refractivity contribution >= 4 is 5.97 Å². The van der Waals surface area contributed by atoms with Crippen molar-refractivity contribution in [2.24, 2.45) is 0 Å². The summed E-state index contributed by atoms with van der Waals surface area (Å²) < 4.78 is 0. The van der Waals surface area contributed by atoms with Crippen LogP contribution >= 0.6 is 0 Å². The first-order chi connectivity index (χ1) is 7.63. The zero-order valence-electron chi connectivity index (χ0n) is 9.31. The van der Waals surface area contributed by atoms with Gasteiger partial charge in [0.15, 0.2) is 0 Å². The minimum Gasteiger partial charge on any atom is -0.478 e. The van der Waals surface area contributed by atoms with Crippen LogP contribution in [-0.4, -0.2) is 28.8 Å². The standard InChI is InChI=1S/C12H17NO3/c1-2-11(14)8-13-7-9-3-5-10(6-4-9)12(15)16/h3-6,11,13-14H,2,7-8H2,1H3,(H,15,16). The maximum absolute atomic E-state index is 10.6. The molecule has 1 aromatic carbocycles. The SMILES string of the molecule is CCC(O)CNCc1ccc(C(=O)O)cc1. The zero-order chi connectivity index (χ0) is 12.0. The van der Waals surface area contributed by atoms with E-state index >= 15 is 0 Å². The molecular weight excluding hydrogens is 206 g/mol. The molecular formula is C12H17NO3. The van der Waals surface area contributed by atoms with Gasteiger partial charge in [-0.15, -0.1) is 0 Å². The number of hydrogen-bond donors (Lipinski definition) is 3. The molecule has 0 fully saturated rings. The number of aromatic carboxylic acids is 1. The number of nitrogens with one attached hydrogen (secondary N) is 1. The van der Waals surface area contributed by atoms with Crippen LogP contribution in [0.25, 0.3) is 0 Å². The summed E-state index contributed by atoms with van der Waals surface area (Å²) in [5.41, 5.74) is 1.30. The summed E-state index contributed by atoms with van der Waals surface area (Å²) in [5, 5.41) is 21.1. The van der Waals surface area contributed by atoms with Gasteiger partial charge in [0.2, 0.25) is 0 Å². The third-order valence-corrected chi connectivity index (χ3v) is 2.38. The Balaban J connectivity index is 2.40. The van der Waals surface area contributed by atoms with Crippen LogP contribution in [0.4, 0.5) is 0 Å². The number of aliphatic hydroxyl groups excluding tert-OH is 1. The Bertz CT molecular complexity index is 335. The van der Waals surface area contributed by atoms with Gasteiger partial charge in [0.25, 0.3) is 0 Å². The number of hydrogen-bond acceptors (Lipinski definition) is 3. The number of carboxylic acids is 1. The number of aliphatic hydroxyl groups is 1. The van der Waals surface area contributed by atoms with Crippen molar-refractivity contribution < 1.29 is 15.0 Å². The molecule has 0 radical (unpaired) electrons. The second kappa shape index (κ2) is 6.25. The van der Waals surface area contributed by atoms with Crippen molar-refractivity contribution in [2.75, 3.05) is 6.54 Å². The van der Waals surface area contributed by atoms with Crippen LogP contribution in [0.5, 0.6) is 0 Å². The fraction of sp³-hybridized carbons (Fsp3) is 0.417. The predicted molar refractivity (Wildman–Crippen MR) is 61.4 cm³/mol. The number of benzene rings is 1. The van der Waals surface area contributed by atoms with Crippen molar-refractivity contribution in [3.63, 3.8) is 0 Å². The van der Waals surface area contributed by atoms with Crippen LogP contribution in [0, 0.1) is 0 Å². The van der Waals surface area contributed by atoms with E-state index in [4.69, 9.17) is 5.11 Å². The van der Waals surface area contributed by atoms with Crippen LogP contribution < -0.4 is 5.32 Å². The second-order valence-corrected chi connectivity index (χ2v) is 3.70. The van der Waals surface area contributed by atoms with E-state index in [1.807, 2.05) is 6.92 Å². The quantitative estimate of drug-likeness (QED) is 0.678. The lowest BCUT2D eigenvalue weighted by Gasteiger charge is -2.09. The first-order valence-electron chi connectivity index (χ1n) is 5.34. The number of rotatable bonds is 6. The molecule has 0 saturated heterocycles. The molecule has 3 N–H and O–H groups in total. The lowest BCUT2D eigenvalue weighted by molar-refractivity contribution is 0.0697. The molecule has 1 aromatic rings. The monoisotopic (exact) mass is 223 g/mol. The molecule has 4 heteroatoms. The molecule has 0 spiro atoms. The van der Waals surface area contributed by atoms with Gasteiger partial charge in [-0.05, 0) is 24.1 Å². The Kier molecular flexibility index (Phi) is 4.95. The smallest absolute Gasteiger partial charge is 0.335 e. The summed E-state index contributed by atoms with van der Waals surface area (Å²) in [5.74, 6) is -0.916. The van der Waals surface area contributed by atoms with Gasteiger partial charge in [-0.25, -0.2) is 4.79 Å². The zero-order valence-corrected chi connectivity index (χ0v) is 9.31. The van der Waals surface area contributed by atoms with E-state index in [1.165, 1.54) is 0 Å². The summed E-state index contributed by atoms with van der Waals surface area (Å²) >= 11 is 0. The van der Waals surface area contributed by atoms with Crippen LogP contribution in [0.1, 0.15) is 29.3 Å². The van der Waals surface area contributed by atoms with Gasteiger partial charge in [0.1, 0.15) is 0 Å². The van der Waals surface area contributed by atoms with Crippen molar-refractivity contribution in [3.05, 3.63) is 35.4 Å². The average Bonchev–Trinajstić information content (AvgIpc) is 2.29. The molecule has 0 aliphatic rings. The third-order valence-electron chi connectivity index (χ3n) is 2.38. The lowest BCUT2D eigenvalue weighted by atomic mass is 10.1. The van der Waals surface area contributed by atoms with Crippen LogP contribution in [0.3, 0.4) is 0 Å². The highest BCUT2D eigenvalue weighted by Gasteiger charge is 2.02. The van der Waals surface area contributed by atoms with Gasteiger partial charge in [-0.2, -0.15) is 0 Å². The summed E-state index contributed by atoms with van der Waals surface area (Å²) in [6, 6.07) is 6.70. The minimum atomic E-state index is -0.916. The van der Waals surface area contributed by atoms with Gasteiger partial charge in [0.05, 0.1) is 11.7 Å². The van der Waals surface area contributed by atoms with E-state index in [2.05, 4.69) is 5.32 Å². The maximum atomic E-state index is 10.6. The fourth-order valence-corrected chi connectivity index (χ4v) is 1.29. The van der Waals surface area contributed by atoms with Gasteiger partial charge >= 0.3 is 5.97 Å². The Labute approximate surface area is 94.9 Å². The highest BCUT2D eigenvalue weighted by atomic mass is 16.4. The van der Waals surface area contributed by atoms with E-state index in [9.17, 15) is 9.90 Å². The lowest BCUT2D eigenvalue weighted by Crippen LogP contribution is -2.25. The first-order valence-corrected chi connectivity index (χ1v) is 5.34. The van der Waals surface area contributed by atoms with Crippen LogP contribution in [0.2, 0.25) is 0 Å². The van der Waals surface area contributed by atoms with Crippen LogP contribution in [-0.2, 0) is 6.54 Å². The molecule has 1 atom stereocenters. The van der Waals surface area contributed by atoms with E-state index in [0.717, 1.165) is 12.0 Å². The molecule has 0 saturated carbocycles. The minimum absolute atomic E-state index is 0.289.